The number of pyridine rings is 1. The third-order valence-corrected chi connectivity index (χ3v) is 4.91. The van der Waals surface area contributed by atoms with Crippen molar-refractivity contribution in [3.05, 3.63) is 53.7 Å². The van der Waals surface area contributed by atoms with Gasteiger partial charge in [-0.3, -0.25) is 4.79 Å². The smallest absolute Gasteiger partial charge is 0.251 e. The van der Waals surface area contributed by atoms with E-state index >= 15 is 0 Å². The largest absolute Gasteiger partial charge is 0.352 e. The summed E-state index contributed by atoms with van der Waals surface area (Å²) < 4.78 is 2.36. The second-order valence-corrected chi connectivity index (χ2v) is 6.99. The van der Waals surface area contributed by atoms with Crippen LogP contribution in [0.2, 0.25) is 0 Å². The van der Waals surface area contributed by atoms with E-state index in [0.29, 0.717) is 18.0 Å². The first kappa shape index (κ1) is 15.9. The van der Waals surface area contributed by atoms with Crippen LogP contribution < -0.4 is 5.32 Å². The zero-order chi connectivity index (χ0) is 17.4. The number of nitrogens with one attached hydrogen (secondary N) is 1. The number of fused-ring (bicyclic) bond motifs is 3. The van der Waals surface area contributed by atoms with Crippen LogP contribution in [-0.4, -0.2) is 22.0 Å². The number of carbonyl (C=O) groups is 1. The minimum atomic E-state index is -0.0173. The zero-order valence-corrected chi connectivity index (χ0v) is 14.7. The summed E-state index contributed by atoms with van der Waals surface area (Å²) in [5.74, 6) is 0.439. The average Bonchev–Trinajstić information content (AvgIpc) is 2.98. The second kappa shape index (κ2) is 6.36. The molecule has 0 saturated heterocycles. The van der Waals surface area contributed by atoms with Crippen molar-refractivity contribution >= 4 is 16.9 Å². The van der Waals surface area contributed by atoms with Gasteiger partial charge in [0.2, 0.25) is 0 Å². The third kappa shape index (κ3) is 2.82. The molecule has 4 nitrogen and oxygen atoms in total. The molecule has 1 aliphatic rings. The molecule has 0 unspecified atom stereocenters. The molecule has 1 N–H and O–H groups in total. The third-order valence-electron chi connectivity index (χ3n) is 4.91. The van der Waals surface area contributed by atoms with Gasteiger partial charge in [0.25, 0.3) is 5.91 Å². The van der Waals surface area contributed by atoms with Crippen LogP contribution in [0.5, 0.6) is 0 Å². The number of benzene rings is 1. The monoisotopic (exact) mass is 333 g/mol. The summed E-state index contributed by atoms with van der Waals surface area (Å²) in [6.07, 6.45) is 1.99. The predicted octanol–water partition coefficient (Wildman–Crippen LogP) is 4.35. The van der Waals surface area contributed by atoms with Gasteiger partial charge in [0.15, 0.2) is 0 Å². The van der Waals surface area contributed by atoms with E-state index < -0.39 is 0 Å². The van der Waals surface area contributed by atoms with Gasteiger partial charge in [-0.25, -0.2) is 4.98 Å². The molecule has 3 heterocycles. The summed E-state index contributed by atoms with van der Waals surface area (Å²) in [5, 5.41) is 4.22. The van der Waals surface area contributed by atoms with Gasteiger partial charge in [-0.15, -0.1) is 0 Å². The van der Waals surface area contributed by atoms with E-state index in [1.165, 1.54) is 11.1 Å². The fraction of sp³-hybridized carbons (Fsp3) is 0.333. The highest BCUT2D eigenvalue weighted by atomic mass is 16.1. The lowest BCUT2D eigenvalue weighted by Crippen LogP contribution is -2.25. The van der Waals surface area contributed by atoms with Gasteiger partial charge in [0.1, 0.15) is 5.65 Å². The number of amides is 1. The molecule has 4 rings (SSSR count). The number of nitrogens with zero attached hydrogens (tertiary/aromatic N) is 2. The van der Waals surface area contributed by atoms with Gasteiger partial charge in [0, 0.05) is 35.3 Å². The molecule has 2 aromatic heterocycles. The lowest BCUT2D eigenvalue weighted by Gasteiger charge is -2.15. The Labute approximate surface area is 147 Å². The Morgan fingerprint density at radius 3 is 2.68 bits per heavy atom. The van der Waals surface area contributed by atoms with E-state index in [0.717, 1.165) is 36.3 Å². The van der Waals surface area contributed by atoms with Crippen LogP contribution >= 0.6 is 0 Å². The zero-order valence-electron chi connectivity index (χ0n) is 14.7. The molecule has 0 saturated carbocycles. The van der Waals surface area contributed by atoms with Crippen molar-refractivity contribution in [1.29, 1.82) is 0 Å². The predicted molar refractivity (Wildman–Crippen MR) is 101 cm³/mol. The first-order valence-electron chi connectivity index (χ1n) is 9.03. The average molecular weight is 333 g/mol. The van der Waals surface area contributed by atoms with E-state index in [9.17, 15) is 4.79 Å². The fourth-order valence-electron chi connectivity index (χ4n) is 3.61. The van der Waals surface area contributed by atoms with Crippen molar-refractivity contribution in [3.8, 4) is 11.3 Å². The quantitative estimate of drug-likeness (QED) is 0.719. The maximum absolute atomic E-state index is 12.5. The topological polar surface area (TPSA) is 46.9 Å². The number of rotatable bonds is 1. The van der Waals surface area contributed by atoms with Crippen LogP contribution in [0.25, 0.3) is 22.3 Å². The first-order valence-corrected chi connectivity index (χ1v) is 9.03. The fourth-order valence-corrected chi connectivity index (χ4v) is 3.61. The highest BCUT2D eigenvalue weighted by molar-refractivity contribution is 6.00. The normalized spacial score (nSPS) is 14.9. The Balaban J connectivity index is 1.97. The molecule has 128 valence electrons. The minimum Gasteiger partial charge on any atom is -0.352 e. The molecule has 0 fully saturated rings. The number of aromatic nitrogens is 2. The molecule has 3 aromatic rings. The maximum Gasteiger partial charge on any atom is 0.251 e. The molecule has 0 radical (unpaired) electrons. The van der Waals surface area contributed by atoms with Gasteiger partial charge in [-0.2, -0.15) is 0 Å². The minimum absolute atomic E-state index is 0.0173. The van der Waals surface area contributed by atoms with Crippen LogP contribution in [0.15, 0.2) is 42.5 Å². The van der Waals surface area contributed by atoms with Crippen LogP contribution in [-0.2, 0) is 6.54 Å². The lowest BCUT2D eigenvalue weighted by atomic mass is 10.0. The van der Waals surface area contributed by atoms with Crippen molar-refractivity contribution in [1.82, 2.24) is 14.9 Å². The highest BCUT2D eigenvalue weighted by Crippen LogP contribution is 2.29. The number of aryl methyl sites for hydroxylation is 1. The second-order valence-electron chi connectivity index (χ2n) is 6.99. The van der Waals surface area contributed by atoms with E-state index in [2.05, 4.69) is 35.9 Å². The Kier molecular flexibility index (Phi) is 4.04. The number of hydrogen-bond donors (Lipinski definition) is 1. The standard InChI is InChI=1S/C21H23N3O/c1-14(2)19-13-15-9-10-18-16-7-3-4-8-17(16)21(25)22-11-5-6-12-24(19)20(15)23-18/h3-4,7-10,13-14H,5-6,11-12H2,1-2H3,(H,22,25). The summed E-state index contributed by atoms with van der Waals surface area (Å²) >= 11 is 0. The van der Waals surface area contributed by atoms with E-state index in [4.69, 9.17) is 4.98 Å². The van der Waals surface area contributed by atoms with Gasteiger partial charge < -0.3 is 9.88 Å². The molecule has 0 atom stereocenters. The van der Waals surface area contributed by atoms with Crippen molar-refractivity contribution in [2.24, 2.45) is 0 Å². The molecule has 0 spiro atoms. The van der Waals surface area contributed by atoms with Gasteiger partial charge >= 0.3 is 0 Å². The molecular weight excluding hydrogens is 310 g/mol. The summed E-state index contributed by atoms with van der Waals surface area (Å²) in [6, 6.07) is 14.1. The summed E-state index contributed by atoms with van der Waals surface area (Å²) in [4.78, 5) is 17.5. The molecule has 1 aliphatic heterocycles. The van der Waals surface area contributed by atoms with E-state index in [1.54, 1.807) is 0 Å². The summed E-state index contributed by atoms with van der Waals surface area (Å²) in [7, 11) is 0. The Bertz CT molecular complexity index is 939. The van der Waals surface area contributed by atoms with Crippen molar-refractivity contribution < 1.29 is 4.79 Å². The number of carbonyl (C=O) groups excluding carboxylic acids is 1. The van der Waals surface area contributed by atoms with Crippen molar-refractivity contribution in [3.63, 3.8) is 0 Å². The molecule has 0 aliphatic carbocycles. The summed E-state index contributed by atoms with van der Waals surface area (Å²) in [6.45, 7) is 6.09. The van der Waals surface area contributed by atoms with Crippen LogP contribution in [0, 0.1) is 0 Å². The first-order chi connectivity index (χ1) is 12.1. The van der Waals surface area contributed by atoms with Crippen molar-refractivity contribution in [2.75, 3.05) is 6.54 Å². The Morgan fingerprint density at radius 1 is 1.08 bits per heavy atom. The SMILES string of the molecule is CC(C)c1cc2ccc3nc2n1CCCCNC(=O)c1ccccc1-3. The van der Waals surface area contributed by atoms with Crippen LogP contribution in [0.1, 0.15) is 48.7 Å². The van der Waals surface area contributed by atoms with Crippen molar-refractivity contribution in [2.45, 2.75) is 39.2 Å². The molecule has 2 bridgehead atoms. The lowest BCUT2D eigenvalue weighted by molar-refractivity contribution is 0.0953. The van der Waals surface area contributed by atoms with Crippen LogP contribution in [0.4, 0.5) is 0 Å². The van der Waals surface area contributed by atoms with Gasteiger partial charge in [-0.05, 0) is 43.0 Å². The molecule has 1 amide bonds. The molecule has 25 heavy (non-hydrogen) atoms. The molecule has 1 aromatic carbocycles. The number of hydrogen-bond acceptors (Lipinski definition) is 2. The Morgan fingerprint density at radius 2 is 1.88 bits per heavy atom. The summed E-state index contributed by atoms with van der Waals surface area (Å²) in [5.41, 5.74) is 4.79. The Hall–Kier alpha value is -2.62. The molecule has 4 heteroatoms. The van der Waals surface area contributed by atoms with E-state index in [1.807, 2.05) is 30.3 Å². The van der Waals surface area contributed by atoms with Gasteiger partial charge in [-0.1, -0.05) is 32.0 Å². The van der Waals surface area contributed by atoms with Crippen LogP contribution in [0.3, 0.4) is 0 Å². The molecular formula is C21H23N3O. The highest BCUT2D eigenvalue weighted by Gasteiger charge is 2.17. The van der Waals surface area contributed by atoms with E-state index in [-0.39, 0.29) is 5.91 Å². The van der Waals surface area contributed by atoms with Gasteiger partial charge in [0.05, 0.1) is 5.69 Å². The maximum atomic E-state index is 12.5.